The monoisotopic (exact) mass is 225 g/mol. The van der Waals surface area contributed by atoms with Gasteiger partial charge in [-0.05, 0) is 12.1 Å². The molecular weight excluding hydrogens is 214 g/mol. The third-order valence-corrected chi connectivity index (χ3v) is 4.74. The standard InChI is InChI=1S/C10H11NOS2/c1-7(2)14(12)10-11-8-5-3-4-6-9(8)13-10/h3-7H,1-2H3/t14-/m0/s1. The van der Waals surface area contributed by atoms with Gasteiger partial charge in [-0.2, -0.15) is 0 Å². The van der Waals surface area contributed by atoms with E-state index < -0.39 is 10.8 Å². The Morgan fingerprint density at radius 3 is 2.71 bits per heavy atom. The maximum absolute atomic E-state index is 11.8. The second kappa shape index (κ2) is 3.79. The van der Waals surface area contributed by atoms with Crippen LogP contribution in [0, 0.1) is 0 Å². The summed E-state index contributed by atoms with van der Waals surface area (Å²) in [5, 5.41) is 0.135. The molecule has 0 saturated carbocycles. The molecule has 0 unspecified atom stereocenters. The van der Waals surface area contributed by atoms with Crippen LogP contribution in [0.25, 0.3) is 10.2 Å². The molecule has 0 bridgehead atoms. The molecule has 1 aromatic heterocycles. The zero-order valence-electron chi connectivity index (χ0n) is 8.06. The lowest BCUT2D eigenvalue weighted by Gasteiger charge is -1.98. The molecule has 1 heterocycles. The molecule has 0 aliphatic carbocycles. The molecule has 0 radical (unpaired) electrons. The molecule has 4 heteroatoms. The molecule has 0 aliphatic heterocycles. The molecule has 1 atom stereocenters. The average molecular weight is 225 g/mol. The van der Waals surface area contributed by atoms with Gasteiger partial charge in [-0.1, -0.05) is 26.0 Å². The van der Waals surface area contributed by atoms with Crippen LogP contribution in [0.1, 0.15) is 13.8 Å². The van der Waals surface area contributed by atoms with Crippen molar-refractivity contribution in [3.05, 3.63) is 24.3 Å². The lowest BCUT2D eigenvalue weighted by atomic mass is 10.3. The largest absolute Gasteiger partial charge is 0.252 e. The molecule has 0 fully saturated rings. The molecule has 2 rings (SSSR count). The fraction of sp³-hybridized carbons (Fsp3) is 0.300. The van der Waals surface area contributed by atoms with E-state index >= 15 is 0 Å². The van der Waals surface area contributed by atoms with Gasteiger partial charge in [0, 0.05) is 5.25 Å². The normalized spacial score (nSPS) is 13.6. The van der Waals surface area contributed by atoms with E-state index in [2.05, 4.69) is 4.98 Å². The van der Waals surface area contributed by atoms with Crippen LogP contribution in [0.3, 0.4) is 0 Å². The number of benzene rings is 1. The fourth-order valence-electron chi connectivity index (χ4n) is 1.14. The molecule has 74 valence electrons. The predicted octanol–water partition coefficient (Wildman–Crippen LogP) is 2.81. The molecule has 2 aromatic rings. The Bertz CT molecular complexity index is 443. The Balaban J connectivity index is 2.50. The second-order valence-electron chi connectivity index (χ2n) is 3.29. The number of nitrogens with zero attached hydrogens (tertiary/aromatic N) is 1. The summed E-state index contributed by atoms with van der Waals surface area (Å²) < 4.78 is 13.6. The third kappa shape index (κ3) is 1.72. The first kappa shape index (κ1) is 9.80. The highest BCUT2D eigenvalue weighted by Gasteiger charge is 2.13. The van der Waals surface area contributed by atoms with Crippen molar-refractivity contribution in [1.82, 2.24) is 4.98 Å². The van der Waals surface area contributed by atoms with Crippen molar-refractivity contribution in [2.45, 2.75) is 23.4 Å². The minimum atomic E-state index is -0.960. The van der Waals surface area contributed by atoms with Crippen LogP contribution < -0.4 is 0 Å². The van der Waals surface area contributed by atoms with Crippen LogP contribution in [-0.2, 0) is 10.8 Å². The van der Waals surface area contributed by atoms with Gasteiger partial charge in [0.2, 0.25) is 0 Å². The summed E-state index contributed by atoms with van der Waals surface area (Å²) in [5.41, 5.74) is 0.946. The lowest BCUT2D eigenvalue weighted by Crippen LogP contribution is -2.04. The summed E-state index contributed by atoms with van der Waals surface area (Å²) in [4.78, 5) is 4.35. The molecule has 0 aliphatic rings. The Kier molecular flexibility index (Phi) is 2.65. The van der Waals surface area contributed by atoms with Crippen molar-refractivity contribution in [2.75, 3.05) is 0 Å². The summed E-state index contributed by atoms with van der Waals surface area (Å²) in [6.45, 7) is 3.89. The Morgan fingerprint density at radius 2 is 2.07 bits per heavy atom. The van der Waals surface area contributed by atoms with E-state index in [1.165, 1.54) is 11.3 Å². The van der Waals surface area contributed by atoms with Crippen LogP contribution in [-0.4, -0.2) is 14.4 Å². The van der Waals surface area contributed by atoms with E-state index in [1.807, 2.05) is 38.1 Å². The van der Waals surface area contributed by atoms with Crippen molar-refractivity contribution >= 4 is 32.4 Å². The van der Waals surface area contributed by atoms with Crippen LogP contribution in [0.5, 0.6) is 0 Å². The number of thiazole rings is 1. The molecule has 2 nitrogen and oxygen atoms in total. The van der Waals surface area contributed by atoms with E-state index in [0.29, 0.717) is 0 Å². The van der Waals surface area contributed by atoms with Crippen molar-refractivity contribution in [3.63, 3.8) is 0 Å². The maximum atomic E-state index is 11.8. The predicted molar refractivity (Wildman–Crippen MR) is 61.2 cm³/mol. The van der Waals surface area contributed by atoms with Crippen LogP contribution >= 0.6 is 11.3 Å². The molecule has 0 N–H and O–H groups in total. The molecule has 1 aromatic carbocycles. The number of fused-ring (bicyclic) bond motifs is 1. The zero-order valence-corrected chi connectivity index (χ0v) is 9.69. The van der Waals surface area contributed by atoms with Gasteiger partial charge in [0.15, 0.2) is 4.34 Å². The van der Waals surface area contributed by atoms with E-state index in [-0.39, 0.29) is 5.25 Å². The number of aromatic nitrogens is 1. The van der Waals surface area contributed by atoms with Gasteiger partial charge < -0.3 is 0 Å². The molecular formula is C10H11NOS2. The van der Waals surface area contributed by atoms with Gasteiger partial charge in [-0.3, -0.25) is 4.21 Å². The first-order chi connectivity index (χ1) is 6.68. The summed E-state index contributed by atoms with van der Waals surface area (Å²) in [5.74, 6) is 0. The van der Waals surface area contributed by atoms with E-state index in [1.54, 1.807) is 0 Å². The van der Waals surface area contributed by atoms with Crippen molar-refractivity contribution in [2.24, 2.45) is 0 Å². The minimum Gasteiger partial charge on any atom is -0.252 e. The Morgan fingerprint density at radius 1 is 1.36 bits per heavy atom. The van der Waals surface area contributed by atoms with Crippen LogP contribution in [0.4, 0.5) is 0 Å². The summed E-state index contributed by atoms with van der Waals surface area (Å²) in [6, 6.07) is 7.88. The van der Waals surface area contributed by atoms with Crippen molar-refractivity contribution in [1.29, 1.82) is 0 Å². The number of para-hydroxylation sites is 1. The fourth-order valence-corrected chi connectivity index (χ4v) is 3.60. The molecule has 0 saturated heterocycles. The maximum Gasteiger partial charge on any atom is 0.182 e. The van der Waals surface area contributed by atoms with Gasteiger partial charge >= 0.3 is 0 Å². The summed E-state index contributed by atoms with van der Waals surface area (Å²) in [7, 11) is -0.960. The number of hydrogen-bond donors (Lipinski definition) is 0. The third-order valence-electron chi connectivity index (χ3n) is 1.87. The van der Waals surface area contributed by atoms with Crippen LogP contribution in [0.15, 0.2) is 28.6 Å². The smallest absolute Gasteiger partial charge is 0.182 e. The first-order valence-corrected chi connectivity index (χ1v) is 6.47. The minimum absolute atomic E-state index is 0.135. The first-order valence-electron chi connectivity index (χ1n) is 4.44. The zero-order chi connectivity index (χ0) is 10.1. The highest BCUT2D eigenvalue weighted by molar-refractivity contribution is 7.87. The van der Waals surface area contributed by atoms with Gasteiger partial charge in [-0.15, -0.1) is 11.3 Å². The quantitative estimate of drug-likeness (QED) is 0.786. The van der Waals surface area contributed by atoms with Gasteiger partial charge in [0.1, 0.15) is 0 Å². The number of rotatable bonds is 2. The Labute approximate surface area is 89.4 Å². The molecule has 0 spiro atoms. The van der Waals surface area contributed by atoms with Gasteiger partial charge in [-0.25, -0.2) is 4.98 Å². The topological polar surface area (TPSA) is 30.0 Å². The summed E-state index contributed by atoms with van der Waals surface area (Å²) >= 11 is 1.52. The van der Waals surface area contributed by atoms with E-state index in [9.17, 15) is 4.21 Å². The van der Waals surface area contributed by atoms with E-state index in [0.717, 1.165) is 14.6 Å². The Hall–Kier alpha value is -0.740. The average Bonchev–Trinajstić information content (AvgIpc) is 2.59. The van der Waals surface area contributed by atoms with Gasteiger partial charge in [0.25, 0.3) is 0 Å². The van der Waals surface area contributed by atoms with Crippen LogP contribution in [0.2, 0.25) is 0 Å². The SMILES string of the molecule is CC(C)[S@](=O)c1nc2ccccc2s1. The second-order valence-corrected chi connectivity index (χ2v) is 6.51. The highest BCUT2D eigenvalue weighted by Crippen LogP contribution is 2.25. The summed E-state index contributed by atoms with van der Waals surface area (Å²) in [6.07, 6.45) is 0. The van der Waals surface area contributed by atoms with E-state index in [4.69, 9.17) is 0 Å². The number of hydrogen-bond acceptors (Lipinski definition) is 3. The highest BCUT2D eigenvalue weighted by atomic mass is 32.2. The van der Waals surface area contributed by atoms with Gasteiger partial charge in [0.05, 0.1) is 21.0 Å². The molecule has 0 amide bonds. The van der Waals surface area contributed by atoms with Crippen molar-refractivity contribution in [3.8, 4) is 0 Å². The lowest BCUT2D eigenvalue weighted by molar-refractivity contribution is 0.676. The van der Waals surface area contributed by atoms with Crippen molar-refractivity contribution < 1.29 is 4.21 Å². The molecule has 14 heavy (non-hydrogen) atoms.